The number of sulfonamides is 2. The molecule has 4 aromatic rings. The van der Waals surface area contributed by atoms with Crippen LogP contribution in [-0.2, 0) is 20.0 Å². The highest BCUT2D eigenvalue weighted by Crippen LogP contribution is 2.31. The van der Waals surface area contributed by atoms with Gasteiger partial charge in [-0.2, -0.15) is 0 Å². The van der Waals surface area contributed by atoms with E-state index in [-0.39, 0.29) is 25.5 Å². The molecule has 0 unspecified atom stereocenters. The largest absolute Gasteiger partial charge is 0.322 e. The molecule has 0 aromatic heterocycles. The van der Waals surface area contributed by atoms with E-state index < -0.39 is 26.0 Å². The SMILES string of the molecule is Cc1cc(C(=O)Nc2ccc(S(=O)(=O)Nc3cccc(Cl)c3Cl)cc2)ccc1NS(=O)(=O)c1ccccc1. The number of carbonyl (C=O) groups excluding carboxylic acids is 1. The molecule has 4 aromatic carbocycles. The first kappa shape index (κ1) is 27.5. The van der Waals surface area contributed by atoms with Crippen LogP contribution in [0.2, 0.25) is 10.0 Å². The van der Waals surface area contributed by atoms with E-state index in [1.54, 1.807) is 37.3 Å². The van der Waals surface area contributed by atoms with Gasteiger partial charge in [-0.15, -0.1) is 0 Å². The van der Waals surface area contributed by atoms with Gasteiger partial charge in [0.15, 0.2) is 0 Å². The van der Waals surface area contributed by atoms with E-state index in [1.807, 2.05) is 0 Å². The number of carbonyl (C=O) groups is 1. The first-order valence-electron chi connectivity index (χ1n) is 11.0. The molecule has 3 N–H and O–H groups in total. The Morgan fingerprint density at radius 3 is 1.92 bits per heavy atom. The number of nitrogens with one attached hydrogen (secondary N) is 3. The number of rotatable bonds is 8. The Kier molecular flexibility index (Phi) is 7.98. The molecule has 0 spiro atoms. The number of benzene rings is 4. The second kappa shape index (κ2) is 11.0. The van der Waals surface area contributed by atoms with Gasteiger partial charge < -0.3 is 5.32 Å². The quantitative estimate of drug-likeness (QED) is 0.227. The minimum Gasteiger partial charge on any atom is -0.322 e. The highest BCUT2D eigenvalue weighted by atomic mass is 35.5. The monoisotopic (exact) mass is 589 g/mol. The van der Waals surface area contributed by atoms with Crippen molar-refractivity contribution in [3.8, 4) is 0 Å². The van der Waals surface area contributed by atoms with E-state index >= 15 is 0 Å². The smallest absolute Gasteiger partial charge is 0.261 e. The number of aryl methyl sites for hydroxylation is 1. The van der Waals surface area contributed by atoms with Crippen LogP contribution in [-0.4, -0.2) is 22.7 Å². The fourth-order valence-electron chi connectivity index (χ4n) is 3.43. The first-order valence-corrected chi connectivity index (χ1v) is 14.8. The Labute approximate surface area is 230 Å². The van der Waals surface area contributed by atoms with Gasteiger partial charge in [0.1, 0.15) is 0 Å². The summed E-state index contributed by atoms with van der Waals surface area (Å²) in [5.41, 5.74) is 1.68. The topological polar surface area (TPSA) is 121 Å². The lowest BCUT2D eigenvalue weighted by molar-refractivity contribution is 0.102. The van der Waals surface area contributed by atoms with E-state index in [0.717, 1.165) is 0 Å². The van der Waals surface area contributed by atoms with Crippen molar-refractivity contribution in [3.63, 3.8) is 0 Å². The van der Waals surface area contributed by atoms with E-state index in [0.29, 0.717) is 22.5 Å². The summed E-state index contributed by atoms with van der Waals surface area (Å²) in [6, 6.07) is 22.6. The van der Waals surface area contributed by atoms with E-state index in [9.17, 15) is 21.6 Å². The van der Waals surface area contributed by atoms with Crippen LogP contribution >= 0.6 is 23.2 Å². The zero-order chi connectivity index (χ0) is 27.5. The van der Waals surface area contributed by atoms with Crippen LogP contribution in [0.15, 0.2) is 101 Å². The maximum Gasteiger partial charge on any atom is 0.261 e. The molecule has 0 heterocycles. The molecular formula is C26H21Cl2N3O5S2. The van der Waals surface area contributed by atoms with Crippen molar-refractivity contribution in [3.05, 3.63) is 112 Å². The molecule has 8 nitrogen and oxygen atoms in total. The molecule has 0 fully saturated rings. The van der Waals surface area contributed by atoms with Gasteiger partial charge in [0.05, 0.1) is 31.2 Å². The minimum atomic E-state index is -3.96. The summed E-state index contributed by atoms with van der Waals surface area (Å²) in [6.45, 7) is 1.68. The molecule has 0 aliphatic rings. The summed E-state index contributed by atoms with van der Waals surface area (Å²) >= 11 is 12.0. The fourth-order valence-corrected chi connectivity index (χ4v) is 6.06. The Hall–Kier alpha value is -3.57. The van der Waals surface area contributed by atoms with Crippen LogP contribution in [0, 0.1) is 6.92 Å². The van der Waals surface area contributed by atoms with Gasteiger partial charge in [-0.25, -0.2) is 16.8 Å². The van der Waals surface area contributed by atoms with Gasteiger partial charge in [-0.05, 0) is 79.2 Å². The molecule has 38 heavy (non-hydrogen) atoms. The van der Waals surface area contributed by atoms with Crippen LogP contribution in [0.5, 0.6) is 0 Å². The predicted octanol–water partition coefficient (Wildman–Crippen LogP) is 6.16. The van der Waals surface area contributed by atoms with Crippen molar-refractivity contribution < 1.29 is 21.6 Å². The fraction of sp³-hybridized carbons (Fsp3) is 0.0385. The van der Waals surface area contributed by atoms with Crippen molar-refractivity contribution in [2.24, 2.45) is 0 Å². The molecule has 0 saturated heterocycles. The van der Waals surface area contributed by atoms with Crippen molar-refractivity contribution >= 4 is 66.2 Å². The van der Waals surface area contributed by atoms with Crippen molar-refractivity contribution in [1.29, 1.82) is 0 Å². The van der Waals surface area contributed by atoms with Crippen LogP contribution in [0.1, 0.15) is 15.9 Å². The number of halogens is 2. The molecule has 12 heteroatoms. The van der Waals surface area contributed by atoms with Gasteiger partial charge in [0, 0.05) is 11.3 Å². The van der Waals surface area contributed by atoms with E-state index in [4.69, 9.17) is 23.2 Å². The van der Waals surface area contributed by atoms with Gasteiger partial charge in [0.25, 0.3) is 26.0 Å². The maximum atomic E-state index is 12.8. The molecule has 0 atom stereocenters. The normalized spacial score (nSPS) is 11.6. The molecule has 0 aliphatic heterocycles. The summed E-state index contributed by atoms with van der Waals surface area (Å²) in [5.74, 6) is -0.454. The van der Waals surface area contributed by atoms with Gasteiger partial charge in [0.2, 0.25) is 0 Å². The summed E-state index contributed by atoms with van der Waals surface area (Å²) in [6.07, 6.45) is 0. The molecular weight excluding hydrogens is 569 g/mol. The van der Waals surface area contributed by atoms with Crippen LogP contribution < -0.4 is 14.8 Å². The third kappa shape index (κ3) is 6.28. The number of hydrogen-bond donors (Lipinski definition) is 3. The van der Waals surface area contributed by atoms with Crippen LogP contribution in [0.4, 0.5) is 17.1 Å². The predicted molar refractivity (Wildman–Crippen MR) is 150 cm³/mol. The number of amides is 1. The number of anilines is 3. The van der Waals surface area contributed by atoms with E-state index in [2.05, 4.69) is 14.8 Å². The molecule has 196 valence electrons. The Balaban J connectivity index is 1.45. The van der Waals surface area contributed by atoms with Crippen molar-refractivity contribution in [1.82, 2.24) is 0 Å². The lowest BCUT2D eigenvalue weighted by atomic mass is 10.1. The molecule has 0 saturated carbocycles. The lowest BCUT2D eigenvalue weighted by Crippen LogP contribution is -2.16. The minimum absolute atomic E-state index is 0.0440. The zero-order valence-corrected chi connectivity index (χ0v) is 22.9. The van der Waals surface area contributed by atoms with Crippen LogP contribution in [0.3, 0.4) is 0 Å². The molecule has 0 radical (unpaired) electrons. The van der Waals surface area contributed by atoms with Crippen molar-refractivity contribution in [2.45, 2.75) is 16.7 Å². The molecule has 0 bridgehead atoms. The van der Waals surface area contributed by atoms with E-state index in [1.165, 1.54) is 60.7 Å². The van der Waals surface area contributed by atoms with Gasteiger partial charge in [-0.1, -0.05) is 47.5 Å². The highest BCUT2D eigenvalue weighted by molar-refractivity contribution is 7.93. The van der Waals surface area contributed by atoms with Gasteiger partial charge in [-0.3, -0.25) is 14.2 Å². The average Bonchev–Trinajstić information content (AvgIpc) is 2.88. The zero-order valence-electron chi connectivity index (χ0n) is 19.8. The third-order valence-electron chi connectivity index (χ3n) is 5.40. The Bertz CT molecular complexity index is 1710. The summed E-state index contributed by atoms with van der Waals surface area (Å²) in [4.78, 5) is 12.8. The molecule has 0 aliphatic carbocycles. The molecule has 1 amide bonds. The standard InChI is InChI=1S/C26H21Cl2N3O5S2/c1-17-16-18(10-15-23(17)30-37(33,34)20-6-3-2-4-7-20)26(32)29-19-11-13-21(14-12-19)38(35,36)31-24-9-5-8-22(27)25(24)28/h2-16,30-31H,1H3,(H,29,32). The first-order chi connectivity index (χ1) is 18.0. The van der Waals surface area contributed by atoms with Crippen LogP contribution in [0.25, 0.3) is 0 Å². The van der Waals surface area contributed by atoms with Gasteiger partial charge >= 0.3 is 0 Å². The highest BCUT2D eigenvalue weighted by Gasteiger charge is 2.18. The summed E-state index contributed by atoms with van der Waals surface area (Å²) in [5, 5.41) is 2.98. The Morgan fingerprint density at radius 1 is 0.684 bits per heavy atom. The maximum absolute atomic E-state index is 12.8. The Morgan fingerprint density at radius 2 is 1.29 bits per heavy atom. The number of hydrogen-bond acceptors (Lipinski definition) is 5. The summed E-state index contributed by atoms with van der Waals surface area (Å²) < 4.78 is 55.6. The summed E-state index contributed by atoms with van der Waals surface area (Å²) in [7, 11) is -7.73. The van der Waals surface area contributed by atoms with Crippen molar-refractivity contribution in [2.75, 3.05) is 14.8 Å². The lowest BCUT2D eigenvalue weighted by Gasteiger charge is -2.13. The second-order valence-corrected chi connectivity index (χ2v) is 12.3. The second-order valence-electron chi connectivity index (χ2n) is 8.13. The third-order valence-corrected chi connectivity index (χ3v) is 8.99. The molecule has 4 rings (SSSR count). The average molecular weight is 591 g/mol.